The molecule has 0 aromatic carbocycles. The highest BCUT2D eigenvalue weighted by Gasteiger charge is 2.67. The summed E-state index contributed by atoms with van der Waals surface area (Å²) in [7, 11) is 0. The number of carbonyl (C=O) groups excluding carboxylic acids is 2. The van der Waals surface area contributed by atoms with E-state index < -0.39 is 5.60 Å². The van der Waals surface area contributed by atoms with Crippen LogP contribution in [0, 0.1) is 17.8 Å². The predicted octanol–water partition coefficient (Wildman–Crippen LogP) is 1.39. The minimum Gasteiger partial charge on any atom is -0.360 e. The lowest BCUT2D eigenvalue weighted by Gasteiger charge is -2.32. The zero-order valence-electron chi connectivity index (χ0n) is 14.4. The highest BCUT2D eigenvalue weighted by molar-refractivity contribution is 7.99. The van der Waals surface area contributed by atoms with Crippen molar-refractivity contribution in [1.29, 1.82) is 0 Å². The minimum absolute atomic E-state index is 0.118. The molecular weight excluding hydrogens is 324 g/mol. The minimum atomic E-state index is -0.552. The van der Waals surface area contributed by atoms with Crippen molar-refractivity contribution < 1.29 is 14.3 Å². The molecule has 0 aromatic heterocycles. The molecule has 4 heterocycles. The number of ether oxygens (including phenoxy) is 1. The molecule has 4 atom stereocenters. The first kappa shape index (κ1) is 16.5. The molecule has 4 aliphatic rings. The summed E-state index contributed by atoms with van der Waals surface area (Å²) in [4.78, 5) is 30.0. The normalized spacial score (nSPS) is 37.6. The van der Waals surface area contributed by atoms with Gasteiger partial charge in [-0.05, 0) is 12.3 Å². The van der Waals surface area contributed by atoms with Crippen LogP contribution in [0.4, 0.5) is 0 Å². The summed E-state index contributed by atoms with van der Waals surface area (Å²) in [5, 5.41) is 0. The Bertz CT molecular complexity index is 573. The highest BCUT2D eigenvalue weighted by atomic mass is 32.2. The van der Waals surface area contributed by atoms with Gasteiger partial charge in [-0.25, -0.2) is 0 Å². The van der Waals surface area contributed by atoms with Gasteiger partial charge in [0, 0.05) is 31.1 Å². The second-order valence-electron chi connectivity index (χ2n) is 7.78. The number of carbonyl (C=O) groups is 2. The highest BCUT2D eigenvalue weighted by Crippen LogP contribution is 2.52. The zero-order valence-corrected chi connectivity index (χ0v) is 15.3. The zero-order chi connectivity index (χ0) is 16.9. The number of amides is 2. The number of likely N-dealkylation sites (tertiary alicyclic amines) is 1. The van der Waals surface area contributed by atoms with Crippen LogP contribution in [0.2, 0.25) is 0 Å². The fourth-order valence-electron chi connectivity index (χ4n) is 4.46. The van der Waals surface area contributed by atoms with E-state index in [4.69, 9.17) is 4.74 Å². The van der Waals surface area contributed by atoms with Gasteiger partial charge in [0.25, 0.3) is 0 Å². The van der Waals surface area contributed by atoms with Gasteiger partial charge in [-0.3, -0.25) is 9.59 Å². The molecule has 0 radical (unpaired) electrons. The Labute approximate surface area is 147 Å². The van der Waals surface area contributed by atoms with Gasteiger partial charge in [-0.15, -0.1) is 0 Å². The van der Waals surface area contributed by atoms with Gasteiger partial charge in [0.1, 0.15) is 5.60 Å². The van der Waals surface area contributed by atoms with Gasteiger partial charge < -0.3 is 14.5 Å². The lowest BCUT2D eigenvalue weighted by Crippen LogP contribution is -2.48. The average molecular weight is 350 g/mol. The first-order valence-electron chi connectivity index (χ1n) is 9.04. The number of rotatable bonds is 4. The van der Waals surface area contributed by atoms with E-state index in [1.807, 2.05) is 33.7 Å². The predicted molar refractivity (Wildman–Crippen MR) is 93.7 cm³/mol. The molecule has 5 nitrogen and oxygen atoms in total. The van der Waals surface area contributed by atoms with Crippen LogP contribution in [0.25, 0.3) is 0 Å². The lowest BCUT2D eigenvalue weighted by molar-refractivity contribution is -0.143. The molecule has 6 heteroatoms. The number of thioether (sulfide) groups is 1. The summed E-state index contributed by atoms with van der Waals surface area (Å²) >= 11 is 1.89. The molecule has 3 fully saturated rings. The Hall–Kier alpha value is -1.01. The van der Waals surface area contributed by atoms with Crippen LogP contribution >= 0.6 is 11.8 Å². The molecule has 3 saturated heterocycles. The molecule has 2 bridgehead atoms. The standard InChI is InChI=1S/C18H26N2O3S/c1-12(2)4-6-20-11-18-5-3-13(23-18)14(15(18)17(20)22)16(21)19-7-9-24-10-8-19/h3,5,12-15H,4,6-11H2,1-2H3/t13-,14+,15+,18-/m0/s1. The number of hydrogen-bond acceptors (Lipinski definition) is 4. The van der Waals surface area contributed by atoms with Crippen LogP contribution in [0.5, 0.6) is 0 Å². The Morgan fingerprint density at radius 3 is 2.88 bits per heavy atom. The summed E-state index contributed by atoms with van der Waals surface area (Å²) < 4.78 is 6.19. The molecule has 24 heavy (non-hydrogen) atoms. The Morgan fingerprint density at radius 1 is 1.42 bits per heavy atom. The van der Waals surface area contributed by atoms with Gasteiger partial charge in [0.2, 0.25) is 11.8 Å². The maximum Gasteiger partial charge on any atom is 0.230 e. The molecule has 0 aromatic rings. The molecule has 4 aliphatic heterocycles. The Kier molecular flexibility index (Phi) is 4.15. The van der Waals surface area contributed by atoms with Gasteiger partial charge >= 0.3 is 0 Å². The molecule has 4 rings (SSSR count). The van der Waals surface area contributed by atoms with Crippen molar-refractivity contribution in [2.45, 2.75) is 32.0 Å². The maximum atomic E-state index is 13.1. The molecule has 2 amide bonds. The molecule has 0 N–H and O–H groups in total. The molecular formula is C18H26N2O3S. The largest absolute Gasteiger partial charge is 0.360 e. The van der Waals surface area contributed by atoms with E-state index in [0.29, 0.717) is 12.5 Å². The molecule has 0 aliphatic carbocycles. The van der Waals surface area contributed by atoms with Crippen LogP contribution in [0.15, 0.2) is 12.2 Å². The number of hydrogen-bond donors (Lipinski definition) is 0. The van der Waals surface area contributed by atoms with Crippen molar-refractivity contribution in [3.05, 3.63) is 12.2 Å². The van der Waals surface area contributed by atoms with Gasteiger partial charge in [0.05, 0.1) is 24.5 Å². The molecule has 0 saturated carbocycles. The Balaban J connectivity index is 1.54. The third-order valence-electron chi connectivity index (χ3n) is 5.76. The van der Waals surface area contributed by atoms with Crippen molar-refractivity contribution in [2.75, 3.05) is 37.7 Å². The molecule has 132 valence electrons. The van der Waals surface area contributed by atoms with Crippen molar-refractivity contribution in [2.24, 2.45) is 17.8 Å². The van der Waals surface area contributed by atoms with E-state index in [2.05, 4.69) is 13.8 Å². The van der Waals surface area contributed by atoms with E-state index in [1.165, 1.54) is 0 Å². The van der Waals surface area contributed by atoms with Crippen LogP contribution in [-0.2, 0) is 14.3 Å². The van der Waals surface area contributed by atoms with Crippen LogP contribution in [0.1, 0.15) is 20.3 Å². The Morgan fingerprint density at radius 2 is 2.17 bits per heavy atom. The van der Waals surface area contributed by atoms with Gasteiger partial charge in [-0.2, -0.15) is 11.8 Å². The van der Waals surface area contributed by atoms with Crippen molar-refractivity contribution in [1.82, 2.24) is 9.80 Å². The van der Waals surface area contributed by atoms with Crippen molar-refractivity contribution >= 4 is 23.6 Å². The lowest BCUT2D eigenvalue weighted by atomic mass is 9.76. The first-order valence-corrected chi connectivity index (χ1v) is 10.2. The van der Waals surface area contributed by atoms with Crippen molar-refractivity contribution in [3.8, 4) is 0 Å². The third kappa shape index (κ3) is 2.49. The summed E-state index contributed by atoms with van der Waals surface area (Å²) in [6, 6.07) is 0. The van der Waals surface area contributed by atoms with Gasteiger partial charge in [0.15, 0.2) is 0 Å². The monoisotopic (exact) mass is 350 g/mol. The van der Waals surface area contributed by atoms with Crippen LogP contribution in [-0.4, -0.2) is 71.0 Å². The van der Waals surface area contributed by atoms with Crippen LogP contribution < -0.4 is 0 Å². The molecule has 0 unspecified atom stereocenters. The average Bonchev–Trinajstić information content (AvgIpc) is 3.21. The first-order chi connectivity index (χ1) is 11.5. The number of nitrogens with zero attached hydrogens (tertiary/aromatic N) is 2. The van der Waals surface area contributed by atoms with Gasteiger partial charge in [-0.1, -0.05) is 26.0 Å². The molecule has 1 spiro atoms. The van der Waals surface area contributed by atoms with E-state index in [9.17, 15) is 9.59 Å². The maximum absolute atomic E-state index is 13.1. The summed E-state index contributed by atoms with van der Waals surface area (Å²) in [6.45, 7) is 7.29. The summed E-state index contributed by atoms with van der Waals surface area (Å²) in [5.74, 6) is 2.14. The van der Waals surface area contributed by atoms with E-state index >= 15 is 0 Å². The van der Waals surface area contributed by atoms with E-state index in [-0.39, 0.29) is 29.8 Å². The number of fused-ring (bicyclic) bond motifs is 1. The van der Waals surface area contributed by atoms with E-state index in [0.717, 1.165) is 37.6 Å². The van der Waals surface area contributed by atoms with Crippen LogP contribution in [0.3, 0.4) is 0 Å². The van der Waals surface area contributed by atoms with E-state index in [1.54, 1.807) is 0 Å². The second-order valence-corrected chi connectivity index (χ2v) is 9.00. The summed E-state index contributed by atoms with van der Waals surface area (Å²) in [6.07, 6.45) is 4.83. The third-order valence-corrected chi connectivity index (χ3v) is 6.71. The smallest absolute Gasteiger partial charge is 0.230 e. The second kappa shape index (κ2) is 6.06. The van der Waals surface area contributed by atoms with Crippen molar-refractivity contribution in [3.63, 3.8) is 0 Å². The topological polar surface area (TPSA) is 49.9 Å². The quantitative estimate of drug-likeness (QED) is 0.719. The fraction of sp³-hybridized carbons (Fsp3) is 0.778. The fourth-order valence-corrected chi connectivity index (χ4v) is 5.36. The summed E-state index contributed by atoms with van der Waals surface area (Å²) in [5.41, 5.74) is -0.552. The SMILES string of the molecule is CC(C)CCN1C[C@]23C=C[C@H](O2)[C@@H](C(=O)N2CCSCC2)[C@@H]3C1=O.